The van der Waals surface area contributed by atoms with Crippen LogP contribution in [0.4, 0.5) is 0 Å². The van der Waals surface area contributed by atoms with Crippen molar-refractivity contribution in [2.75, 3.05) is 6.61 Å². The Labute approximate surface area is 242 Å². The molecule has 0 aromatic carbocycles. The van der Waals surface area contributed by atoms with Gasteiger partial charge in [0.1, 0.15) is 0 Å². The first-order chi connectivity index (χ1) is 16.5. The Kier molecular flexibility index (Phi) is 32.0. The van der Waals surface area contributed by atoms with Crippen molar-refractivity contribution in [3.05, 3.63) is 0 Å². The summed E-state index contributed by atoms with van der Waals surface area (Å²) in [6, 6.07) is 0. The third-order valence-corrected chi connectivity index (χ3v) is 7.55. The maximum Gasteiger partial charge on any atom is 1.00 e. The minimum Gasteiger partial charge on any atom is -0.726 e. The summed E-state index contributed by atoms with van der Waals surface area (Å²) < 4.78 is 37.3. The first-order valence-corrected chi connectivity index (χ1v) is 16.4. The zero-order valence-corrected chi connectivity index (χ0v) is 26.8. The fourth-order valence-corrected chi connectivity index (χ4v) is 5.22. The van der Waals surface area contributed by atoms with Crippen LogP contribution in [0.5, 0.6) is 0 Å². The maximum atomic E-state index is 10.9. The van der Waals surface area contributed by atoms with Crippen molar-refractivity contribution in [2.45, 2.75) is 174 Å². The standard InChI is InChI=1S/C29H60O4S.Na/c1-3-5-7-9-11-13-15-16-17-19-21-23-25-27-29(28-33-34(30,31)32)26-24-22-20-18-14-12-10-8-6-4-2;/h29H,3-28H2,1-2H3,(H,30,31,32);/q;+1/p-1. The van der Waals surface area contributed by atoms with Gasteiger partial charge in [-0.2, -0.15) is 0 Å². The van der Waals surface area contributed by atoms with Gasteiger partial charge >= 0.3 is 29.6 Å². The van der Waals surface area contributed by atoms with E-state index in [1.54, 1.807) is 0 Å². The van der Waals surface area contributed by atoms with Crippen molar-refractivity contribution in [2.24, 2.45) is 5.92 Å². The number of hydrogen-bond donors (Lipinski definition) is 0. The normalized spacial score (nSPS) is 12.5. The van der Waals surface area contributed by atoms with E-state index < -0.39 is 10.4 Å². The molecule has 0 saturated heterocycles. The van der Waals surface area contributed by atoms with E-state index in [-0.39, 0.29) is 42.1 Å². The fourth-order valence-electron chi connectivity index (χ4n) is 4.86. The van der Waals surface area contributed by atoms with Crippen molar-refractivity contribution in [1.82, 2.24) is 0 Å². The number of rotatable bonds is 28. The smallest absolute Gasteiger partial charge is 0.726 e. The van der Waals surface area contributed by atoms with Crippen molar-refractivity contribution >= 4 is 10.4 Å². The molecule has 0 radical (unpaired) electrons. The van der Waals surface area contributed by atoms with Crippen LogP contribution in [0.2, 0.25) is 0 Å². The topological polar surface area (TPSA) is 66.4 Å². The van der Waals surface area contributed by atoms with E-state index in [0.717, 1.165) is 25.7 Å². The molecular weight excluding hydrogens is 467 g/mol. The van der Waals surface area contributed by atoms with Gasteiger partial charge in [-0.15, -0.1) is 0 Å². The summed E-state index contributed by atoms with van der Waals surface area (Å²) in [5.74, 6) is 0.200. The van der Waals surface area contributed by atoms with Gasteiger partial charge in [-0.1, -0.05) is 162 Å². The fraction of sp³-hybridized carbons (Fsp3) is 1.00. The van der Waals surface area contributed by atoms with Crippen LogP contribution in [-0.2, 0) is 14.6 Å². The van der Waals surface area contributed by atoms with Gasteiger partial charge in [0.15, 0.2) is 0 Å². The summed E-state index contributed by atoms with van der Waals surface area (Å²) in [4.78, 5) is 0. The van der Waals surface area contributed by atoms with Crippen molar-refractivity contribution in [1.29, 1.82) is 0 Å². The van der Waals surface area contributed by atoms with E-state index in [1.165, 1.54) is 135 Å². The predicted molar refractivity (Wildman–Crippen MR) is 146 cm³/mol. The average Bonchev–Trinajstić information content (AvgIpc) is 2.80. The second-order valence-corrected chi connectivity index (χ2v) is 11.6. The predicted octanol–water partition coefficient (Wildman–Crippen LogP) is 6.88. The molecule has 0 heterocycles. The summed E-state index contributed by atoms with van der Waals surface area (Å²) in [6.07, 6.45) is 32.3. The van der Waals surface area contributed by atoms with Crippen LogP contribution in [0, 0.1) is 5.92 Å². The first-order valence-electron chi connectivity index (χ1n) is 15.1. The molecule has 0 bridgehead atoms. The first kappa shape index (κ1) is 38.0. The van der Waals surface area contributed by atoms with Gasteiger partial charge in [-0.05, 0) is 18.8 Å². The molecule has 1 unspecified atom stereocenters. The monoisotopic (exact) mass is 526 g/mol. The van der Waals surface area contributed by atoms with Gasteiger partial charge in [-0.3, -0.25) is 4.18 Å². The summed E-state index contributed by atoms with van der Waals surface area (Å²) in [7, 11) is -4.58. The average molecular weight is 527 g/mol. The maximum absolute atomic E-state index is 10.9. The largest absolute Gasteiger partial charge is 1.00 e. The van der Waals surface area contributed by atoms with Crippen molar-refractivity contribution in [3.8, 4) is 0 Å². The Morgan fingerprint density at radius 2 is 0.771 bits per heavy atom. The Hall–Kier alpha value is 0.870. The summed E-state index contributed by atoms with van der Waals surface area (Å²) in [6.45, 7) is 4.59. The van der Waals surface area contributed by atoms with Gasteiger partial charge in [0.05, 0.1) is 6.61 Å². The van der Waals surface area contributed by atoms with E-state index in [9.17, 15) is 13.0 Å². The van der Waals surface area contributed by atoms with Crippen LogP contribution < -0.4 is 29.6 Å². The molecule has 0 aromatic rings. The van der Waals surface area contributed by atoms with E-state index in [0.29, 0.717) is 0 Å². The van der Waals surface area contributed by atoms with Crippen LogP contribution >= 0.6 is 0 Å². The Balaban J connectivity index is 0. The van der Waals surface area contributed by atoms with Crippen LogP contribution in [0.3, 0.4) is 0 Å². The summed E-state index contributed by atoms with van der Waals surface area (Å²) in [5, 5.41) is 0. The van der Waals surface area contributed by atoms with E-state index in [1.807, 2.05) is 0 Å². The molecule has 6 heteroatoms. The zero-order chi connectivity index (χ0) is 25.2. The van der Waals surface area contributed by atoms with Gasteiger partial charge in [-0.25, -0.2) is 8.42 Å². The summed E-state index contributed by atoms with van der Waals surface area (Å²) >= 11 is 0. The van der Waals surface area contributed by atoms with E-state index in [2.05, 4.69) is 18.0 Å². The summed E-state index contributed by atoms with van der Waals surface area (Å²) in [5.41, 5.74) is 0. The molecule has 0 aromatic heterocycles. The molecule has 0 aliphatic carbocycles. The number of hydrogen-bond acceptors (Lipinski definition) is 4. The van der Waals surface area contributed by atoms with Crippen LogP contribution in [0.1, 0.15) is 174 Å². The van der Waals surface area contributed by atoms with Gasteiger partial charge in [0.25, 0.3) is 0 Å². The quantitative estimate of drug-likeness (QED) is 0.0482. The molecule has 0 saturated carbocycles. The molecule has 0 amide bonds. The third kappa shape index (κ3) is 32.8. The van der Waals surface area contributed by atoms with Gasteiger partial charge in [0.2, 0.25) is 10.4 Å². The van der Waals surface area contributed by atoms with Gasteiger partial charge in [0, 0.05) is 0 Å². The molecule has 1 atom stereocenters. The molecule has 0 aliphatic heterocycles. The third-order valence-electron chi connectivity index (χ3n) is 7.13. The SMILES string of the molecule is CCCCCCCCCCCCCCCC(CCCCCCCCCCCC)COS(=O)(=O)[O-].[Na+]. The second kappa shape index (κ2) is 29.4. The molecule has 0 N–H and O–H groups in total. The molecule has 35 heavy (non-hydrogen) atoms. The van der Waals surface area contributed by atoms with Gasteiger partial charge < -0.3 is 4.55 Å². The minimum atomic E-state index is -4.58. The van der Waals surface area contributed by atoms with Crippen LogP contribution in [0.15, 0.2) is 0 Å². The zero-order valence-electron chi connectivity index (χ0n) is 24.0. The molecule has 0 spiro atoms. The Morgan fingerprint density at radius 1 is 0.514 bits per heavy atom. The molecule has 0 fully saturated rings. The van der Waals surface area contributed by atoms with Crippen LogP contribution in [-0.4, -0.2) is 19.6 Å². The molecule has 4 nitrogen and oxygen atoms in total. The van der Waals surface area contributed by atoms with E-state index in [4.69, 9.17) is 0 Å². The molecule has 206 valence electrons. The molecular formula is C29H59NaO4S. The second-order valence-electron chi connectivity index (χ2n) is 10.6. The minimum absolute atomic E-state index is 0. The van der Waals surface area contributed by atoms with Crippen molar-refractivity contribution < 1.29 is 46.7 Å². The molecule has 0 aliphatic rings. The molecule has 0 rings (SSSR count). The van der Waals surface area contributed by atoms with Crippen molar-refractivity contribution in [3.63, 3.8) is 0 Å². The Bertz CT molecular complexity index is 499. The van der Waals surface area contributed by atoms with Crippen LogP contribution in [0.25, 0.3) is 0 Å². The Morgan fingerprint density at radius 3 is 1.03 bits per heavy atom. The number of unbranched alkanes of at least 4 members (excludes halogenated alkanes) is 21. The van der Waals surface area contributed by atoms with E-state index >= 15 is 0 Å².